The molecule has 0 spiro atoms. The third kappa shape index (κ3) is 120. The van der Waals surface area contributed by atoms with E-state index in [2.05, 4.69) is 0 Å². The summed E-state index contributed by atoms with van der Waals surface area (Å²) in [6.07, 6.45) is 0. The smallest absolute Gasteiger partial charge is 1.00 e. The largest absolute Gasteiger partial charge is 2.00 e. The van der Waals surface area contributed by atoms with Crippen LogP contribution in [-0.4, -0.2) is 63.0 Å². The molecule has 0 radical (unpaired) electrons. The Kier molecular flexibility index (Phi) is 12.3. The SMILES string of the molecule is N.O=S(=O)(O)O.[H-].[H-].[Sr+2]. The Hall–Kier alpha value is 1.31. The van der Waals surface area contributed by atoms with E-state index in [-0.39, 0.29) is 54.5 Å². The van der Waals surface area contributed by atoms with Crippen molar-refractivity contribution >= 4 is 55.9 Å². The van der Waals surface area contributed by atoms with Gasteiger partial charge < -0.3 is 9.00 Å². The van der Waals surface area contributed by atoms with E-state index >= 15 is 0 Å². The summed E-state index contributed by atoms with van der Waals surface area (Å²) in [4.78, 5) is 0. The van der Waals surface area contributed by atoms with E-state index in [9.17, 15) is 0 Å². The van der Waals surface area contributed by atoms with Crippen LogP contribution in [0.2, 0.25) is 0 Å². The molecule has 0 aliphatic rings. The molecule has 0 heterocycles. The first-order chi connectivity index (χ1) is 2.00. The third-order valence-electron chi connectivity index (χ3n) is 0. The van der Waals surface area contributed by atoms with Crippen LogP contribution in [0.4, 0.5) is 0 Å². The molecule has 5 N–H and O–H groups in total. The summed E-state index contributed by atoms with van der Waals surface area (Å²) in [5, 5.41) is 0. The molecular weight excluding hydrogens is 198 g/mol. The van der Waals surface area contributed by atoms with Gasteiger partial charge in [-0.1, -0.05) is 0 Å². The monoisotopic (exact) mass is 205 g/mol. The van der Waals surface area contributed by atoms with Crippen LogP contribution in [0.3, 0.4) is 0 Å². The maximum Gasteiger partial charge on any atom is 2.00 e. The van der Waals surface area contributed by atoms with Crippen molar-refractivity contribution < 1.29 is 20.4 Å². The van der Waals surface area contributed by atoms with Gasteiger partial charge in [-0.15, -0.1) is 0 Å². The minimum absolute atomic E-state index is 0. The third-order valence-corrected chi connectivity index (χ3v) is 0. The molecule has 0 aliphatic heterocycles. The molecule has 0 aromatic heterocycles. The van der Waals surface area contributed by atoms with Crippen molar-refractivity contribution in [1.29, 1.82) is 0 Å². The normalized spacial score (nSPS) is 8.29. The zero-order valence-electron chi connectivity index (χ0n) is 5.53. The topological polar surface area (TPSA) is 110 Å². The van der Waals surface area contributed by atoms with Crippen LogP contribution >= 0.6 is 0 Å². The second kappa shape index (κ2) is 5.45. The Morgan fingerprint density at radius 1 is 1.29 bits per heavy atom. The van der Waals surface area contributed by atoms with Crippen molar-refractivity contribution in [3.63, 3.8) is 0 Å². The molecule has 0 rings (SSSR count). The fourth-order valence-corrected chi connectivity index (χ4v) is 0. The molecule has 5 nitrogen and oxygen atoms in total. The van der Waals surface area contributed by atoms with Crippen molar-refractivity contribution in [3.05, 3.63) is 0 Å². The second-order valence-corrected chi connectivity index (χ2v) is 1.34. The van der Waals surface area contributed by atoms with Crippen molar-refractivity contribution in [2.45, 2.75) is 0 Å². The van der Waals surface area contributed by atoms with Gasteiger partial charge in [0.05, 0.1) is 0 Å². The summed E-state index contributed by atoms with van der Waals surface area (Å²) in [7, 11) is -4.67. The minimum Gasteiger partial charge on any atom is -1.00 e. The van der Waals surface area contributed by atoms with E-state index in [1.807, 2.05) is 0 Å². The molecule has 0 aliphatic carbocycles. The van der Waals surface area contributed by atoms with Crippen molar-refractivity contribution in [1.82, 2.24) is 6.15 Å². The van der Waals surface area contributed by atoms with Gasteiger partial charge in [0.25, 0.3) is 0 Å². The molecule has 0 bridgehead atoms. The van der Waals surface area contributed by atoms with E-state index < -0.39 is 10.4 Å². The Balaban J connectivity index is -0.0000000133. The minimum atomic E-state index is -4.67. The van der Waals surface area contributed by atoms with E-state index in [0.29, 0.717) is 0 Å². The molecule has 44 valence electrons. The summed E-state index contributed by atoms with van der Waals surface area (Å²) >= 11 is 0. The number of rotatable bonds is 0. The molecule has 0 unspecified atom stereocenters. The second-order valence-electron chi connectivity index (χ2n) is 0.448. The van der Waals surface area contributed by atoms with Crippen LogP contribution in [0.1, 0.15) is 2.85 Å². The maximum atomic E-state index is 8.74. The first-order valence-electron chi connectivity index (χ1n) is 0.698. The maximum absolute atomic E-state index is 8.74. The molecule has 7 heavy (non-hydrogen) atoms. The van der Waals surface area contributed by atoms with Crippen molar-refractivity contribution in [2.75, 3.05) is 0 Å². The predicted molar refractivity (Wildman–Crippen MR) is 27.2 cm³/mol. The Morgan fingerprint density at radius 3 is 1.29 bits per heavy atom. The van der Waals surface area contributed by atoms with Crippen molar-refractivity contribution in [3.8, 4) is 0 Å². The summed E-state index contributed by atoms with van der Waals surface area (Å²) in [6, 6.07) is 0. The molecule has 0 saturated heterocycles. The zero-order chi connectivity index (χ0) is 4.50. The van der Waals surface area contributed by atoms with Gasteiger partial charge in [0.1, 0.15) is 0 Å². The summed E-state index contributed by atoms with van der Waals surface area (Å²) in [6.45, 7) is 0. The summed E-state index contributed by atoms with van der Waals surface area (Å²) in [5.74, 6) is 0. The van der Waals surface area contributed by atoms with Gasteiger partial charge in [0.2, 0.25) is 0 Å². The van der Waals surface area contributed by atoms with E-state index in [4.69, 9.17) is 17.5 Å². The van der Waals surface area contributed by atoms with E-state index in [1.54, 1.807) is 0 Å². The van der Waals surface area contributed by atoms with Gasteiger partial charge >= 0.3 is 55.9 Å². The molecule has 0 aromatic carbocycles. The fourth-order valence-electron chi connectivity index (χ4n) is 0. The molecule has 0 amide bonds. The molecule has 0 fully saturated rings. The van der Waals surface area contributed by atoms with Gasteiger partial charge in [0.15, 0.2) is 0 Å². The van der Waals surface area contributed by atoms with Gasteiger partial charge in [-0.25, -0.2) is 0 Å². The Bertz CT molecular complexity index is 102. The summed E-state index contributed by atoms with van der Waals surface area (Å²) < 4.78 is 31.6. The quantitative estimate of drug-likeness (QED) is 0.359. The number of hydrogen-bond donors (Lipinski definition) is 3. The van der Waals surface area contributed by atoms with Crippen LogP contribution in [-0.2, 0) is 10.4 Å². The van der Waals surface area contributed by atoms with Crippen LogP contribution in [0.5, 0.6) is 0 Å². The first-order valence-corrected chi connectivity index (χ1v) is 2.10. The first kappa shape index (κ1) is 15.7. The average molecular weight is 205 g/mol. The van der Waals surface area contributed by atoms with Crippen LogP contribution in [0, 0.1) is 0 Å². The molecule has 0 saturated carbocycles. The predicted octanol–water partition coefficient (Wildman–Crippen LogP) is -0.647. The summed E-state index contributed by atoms with van der Waals surface area (Å²) in [5.41, 5.74) is 0. The molecule has 0 aromatic rings. The average Bonchev–Trinajstić information content (AvgIpc) is 0.722. The Morgan fingerprint density at radius 2 is 1.29 bits per heavy atom. The van der Waals surface area contributed by atoms with Gasteiger partial charge in [-0.2, -0.15) is 8.42 Å². The van der Waals surface area contributed by atoms with Gasteiger partial charge in [-0.05, 0) is 0 Å². The van der Waals surface area contributed by atoms with E-state index in [0.717, 1.165) is 0 Å². The van der Waals surface area contributed by atoms with Gasteiger partial charge in [-0.3, -0.25) is 9.11 Å². The number of hydrogen-bond acceptors (Lipinski definition) is 3. The molecule has 0 atom stereocenters. The Labute approximate surface area is 81.5 Å². The standard InChI is InChI=1S/H3N.H2O4S.Sr.2H/c;1-5(2,3)4;;;/h1H3;(H2,1,2,3,4);;;/q;;+2;2*-1. The van der Waals surface area contributed by atoms with Crippen LogP contribution in [0.25, 0.3) is 0 Å². The van der Waals surface area contributed by atoms with Crippen LogP contribution in [0.15, 0.2) is 0 Å². The zero-order valence-corrected chi connectivity index (χ0v) is 7.83. The van der Waals surface area contributed by atoms with E-state index in [1.165, 1.54) is 0 Å². The fraction of sp³-hybridized carbons (Fsp3) is 0. The van der Waals surface area contributed by atoms with Gasteiger partial charge in [0, 0.05) is 0 Å². The molecular formula is H7NO4SSr. The molecule has 7 heteroatoms. The van der Waals surface area contributed by atoms with Crippen LogP contribution < -0.4 is 6.15 Å². The van der Waals surface area contributed by atoms with Crippen molar-refractivity contribution in [2.24, 2.45) is 0 Å².